The molecule has 2 aliphatic heterocycles. The van der Waals surface area contributed by atoms with Crippen LogP contribution in [-0.2, 0) is 6.54 Å². The zero-order chi connectivity index (χ0) is 24.0. The first-order chi connectivity index (χ1) is 16.2. The molecule has 0 saturated heterocycles. The van der Waals surface area contributed by atoms with Gasteiger partial charge in [-0.25, -0.2) is 13.2 Å². The quantitative estimate of drug-likeness (QED) is 0.550. The fourth-order valence-corrected chi connectivity index (χ4v) is 5.94. The van der Waals surface area contributed by atoms with Gasteiger partial charge in [0.2, 0.25) is 0 Å². The Labute approximate surface area is 191 Å². The molecule has 3 N–H and O–H groups in total. The minimum Gasteiger partial charge on any atom is -0.371 e. The van der Waals surface area contributed by atoms with Gasteiger partial charge >= 0.3 is 0 Å². The predicted octanol–water partition coefficient (Wildman–Crippen LogP) is 2.87. The summed E-state index contributed by atoms with van der Waals surface area (Å²) in [6.07, 6.45) is -0.276. The van der Waals surface area contributed by atoms with Crippen LogP contribution in [-0.4, -0.2) is 32.6 Å². The number of rotatable bonds is 4. The Balaban J connectivity index is 1.25. The molecule has 2 bridgehead atoms. The second kappa shape index (κ2) is 6.61. The Hall–Kier alpha value is -3.84. The molecule has 1 aromatic heterocycles. The van der Waals surface area contributed by atoms with E-state index in [9.17, 15) is 23.1 Å². The van der Waals surface area contributed by atoms with Gasteiger partial charge < -0.3 is 15.7 Å². The highest BCUT2D eigenvalue weighted by Crippen LogP contribution is 2.91. The van der Waals surface area contributed by atoms with Gasteiger partial charge in [0.15, 0.2) is 11.5 Å². The fraction of sp³-hybridized carbons (Fsp3) is 0.292. The summed E-state index contributed by atoms with van der Waals surface area (Å²) in [7, 11) is 0. The molecule has 7 rings (SSSR count). The summed E-state index contributed by atoms with van der Waals surface area (Å²) >= 11 is 0. The Morgan fingerprint density at radius 3 is 2.79 bits per heavy atom. The van der Waals surface area contributed by atoms with E-state index in [1.54, 1.807) is 24.3 Å². The number of carbonyl (C=O) groups excluding carboxylic acids is 1. The van der Waals surface area contributed by atoms with Crippen molar-refractivity contribution >= 4 is 11.6 Å². The van der Waals surface area contributed by atoms with E-state index in [4.69, 9.17) is 5.26 Å². The average Bonchev–Trinajstić information content (AvgIpc) is 3.55. The highest BCUT2D eigenvalue weighted by molar-refractivity contribution is 5.94. The van der Waals surface area contributed by atoms with Crippen molar-refractivity contribution in [2.24, 2.45) is 11.3 Å². The molecule has 4 aliphatic rings. The first kappa shape index (κ1) is 20.7. The van der Waals surface area contributed by atoms with E-state index in [0.29, 0.717) is 16.7 Å². The third kappa shape index (κ3) is 2.56. The minimum atomic E-state index is -1.36. The van der Waals surface area contributed by atoms with Crippen molar-refractivity contribution in [2.75, 3.05) is 5.32 Å². The van der Waals surface area contributed by atoms with Crippen molar-refractivity contribution in [2.45, 2.75) is 31.2 Å². The third-order valence-corrected chi connectivity index (χ3v) is 7.60. The van der Waals surface area contributed by atoms with Gasteiger partial charge in [0.05, 0.1) is 35.6 Å². The second-order valence-corrected chi connectivity index (χ2v) is 9.30. The van der Waals surface area contributed by atoms with Gasteiger partial charge in [-0.2, -0.15) is 10.4 Å². The molecule has 0 radical (unpaired) electrons. The number of aromatic nitrogens is 2. The second-order valence-electron chi connectivity index (χ2n) is 9.30. The van der Waals surface area contributed by atoms with Crippen LogP contribution in [0.2, 0.25) is 0 Å². The van der Waals surface area contributed by atoms with Crippen molar-refractivity contribution < 1.29 is 23.1 Å². The fourth-order valence-electron chi connectivity index (χ4n) is 5.94. The first-order valence-electron chi connectivity index (χ1n) is 10.7. The number of nitrogens with zero attached hydrogens (tertiary/aromatic N) is 3. The van der Waals surface area contributed by atoms with Gasteiger partial charge in [-0.05, 0) is 29.3 Å². The number of benzene rings is 2. The monoisotopic (exact) mass is 465 g/mol. The summed E-state index contributed by atoms with van der Waals surface area (Å²) in [5.74, 6) is -3.69. The summed E-state index contributed by atoms with van der Waals surface area (Å²) in [5.41, 5.74) is -0.640. The lowest BCUT2D eigenvalue weighted by molar-refractivity contribution is 0.0681. The summed E-state index contributed by atoms with van der Waals surface area (Å²) < 4.78 is 44.1. The van der Waals surface area contributed by atoms with Crippen LogP contribution in [0.5, 0.6) is 0 Å². The van der Waals surface area contributed by atoms with Crippen LogP contribution in [0.25, 0.3) is 0 Å². The SMILES string of the molecule is CC12C3[C@@H]1c1cc(F)cc(F)c1NC(O)C32NC(=O)c1nn(Cc2cccc(C#N)c2)cc1F. The van der Waals surface area contributed by atoms with E-state index >= 15 is 0 Å². The Morgan fingerprint density at radius 2 is 2.06 bits per heavy atom. The zero-order valence-corrected chi connectivity index (χ0v) is 17.8. The number of hydrogen-bond donors (Lipinski definition) is 3. The van der Waals surface area contributed by atoms with Crippen molar-refractivity contribution in [1.82, 2.24) is 15.1 Å². The number of amides is 1. The molecule has 10 heteroatoms. The molecule has 5 atom stereocenters. The lowest BCUT2D eigenvalue weighted by atomic mass is 9.85. The van der Waals surface area contributed by atoms with Crippen LogP contribution in [0.3, 0.4) is 0 Å². The van der Waals surface area contributed by atoms with Gasteiger partial charge in [0.1, 0.15) is 17.9 Å². The number of anilines is 1. The number of halogens is 3. The molecule has 3 aromatic rings. The number of carbonyl (C=O) groups is 1. The van der Waals surface area contributed by atoms with Gasteiger partial charge in [-0.3, -0.25) is 9.48 Å². The molecule has 2 fully saturated rings. The number of nitrogens with one attached hydrogen (secondary N) is 2. The maximum atomic E-state index is 14.6. The van der Waals surface area contributed by atoms with E-state index in [-0.39, 0.29) is 24.1 Å². The zero-order valence-electron chi connectivity index (χ0n) is 17.8. The van der Waals surface area contributed by atoms with Crippen molar-refractivity contribution in [3.63, 3.8) is 0 Å². The van der Waals surface area contributed by atoms with Crippen LogP contribution in [0, 0.1) is 40.1 Å². The van der Waals surface area contributed by atoms with Gasteiger partial charge in [0.25, 0.3) is 5.91 Å². The van der Waals surface area contributed by atoms with Crippen LogP contribution in [0.4, 0.5) is 18.9 Å². The molecule has 172 valence electrons. The lowest BCUT2D eigenvalue weighted by Gasteiger charge is -2.32. The molecule has 1 amide bonds. The highest BCUT2D eigenvalue weighted by Gasteiger charge is 2.96. The number of nitriles is 1. The average molecular weight is 465 g/mol. The van der Waals surface area contributed by atoms with E-state index in [1.807, 2.05) is 13.0 Å². The van der Waals surface area contributed by atoms with Gasteiger partial charge in [0, 0.05) is 23.3 Å². The van der Waals surface area contributed by atoms with E-state index in [1.165, 1.54) is 10.7 Å². The predicted molar refractivity (Wildman–Crippen MR) is 113 cm³/mol. The molecule has 34 heavy (non-hydrogen) atoms. The Morgan fingerprint density at radius 1 is 1.29 bits per heavy atom. The maximum absolute atomic E-state index is 14.6. The summed E-state index contributed by atoms with van der Waals surface area (Å²) in [5, 5.41) is 29.3. The molecule has 4 unspecified atom stereocenters. The van der Waals surface area contributed by atoms with Crippen LogP contribution in [0.1, 0.15) is 40.0 Å². The van der Waals surface area contributed by atoms with E-state index in [0.717, 1.165) is 12.3 Å². The number of hydrogen-bond acceptors (Lipinski definition) is 5. The van der Waals surface area contributed by atoms with Crippen molar-refractivity contribution in [1.29, 1.82) is 5.26 Å². The number of aliphatic hydroxyl groups is 1. The molecule has 2 saturated carbocycles. The standard InChI is InChI=1S/C24H18F3N5O2/c1-23-17-14-6-13(25)7-15(26)18(14)29-22(34)24(23,20(17)23)30-21(33)19-16(27)10-32(31-19)9-12-4-2-3-11(5-12)8-28/h2-7,10,17,20,22,29,34H,9H2,1H3,(H,30,33)/t17-,20?,22?,23?,24?/m0/s1. The van der Waals surface area contributed by atoms with Crippen LogP contribution >= 0.6 is 0 Å². The summed E-state index contributed by atoms with van der Waals surface area (Å²) in [6.45, 7) is 1.97. The Kier molecular flexibility index (Phi) is 4.03. The normalized spacial score (nSPS) is 29.7. The third-order valence-electron chi connectivity index (χ3n) is 7.60. The van der Waals surface area contributed by atoms with Gasteiger partial charge in [-0.1, -0.05) is 19.1 Å². The summed E-state index contributed by atoms with van der Waals surface area (Å²) in [4.78, 5) is 13.0. The lowest BCUT2D eigenvalue weighted by Crippen LogP contribution is -2.56. The highest BCUT2D eigenvalue weighted by atomic mass is 19.1. The van der Waals surface area contributed by atoms with E-state index < -0.39 is 46.2 Å². The molecule has 7 nitrogen and oxygen atoms in total. The molecular weight excluding hydrogens is 447 g/mol. The first-order valence-corrected chi connectivity index (χ1v) is 10.7. The molecule has 2 aromatic carbocycles. The Bertz CT molecular complexity index is 1430. The van der Waals surface area contributed by atoms with E-state index in [2.05, 4.69) is 15.7 Å². The number of fused-ring (bicyclic) bond motifs is 1. The summed E-state index contributed by atoms with van der Waals surface area (Å²) in [6, 6.07) is 10.7. The van der Waals surface area contributed by atoms with Crippen LogP contribution < -0.4 is 10.6 Å². The molecule has 2 aliphatic carbocycles. The topological polar surface area (TPSA) is 103 Å². The van der Waals surface area contributed by atoms with Gasteiger partial charge in [-0.15, -0.1) is 0 Å². The minimum absolute atomic E-state index is 0.0105. The maximum Gasteiger partial charge on any atom is 0.275 e. The molecular formula is C24H18F3N5O2. The molecule has 0 spiro atoms. The van der Waals surface area contributed by atoms with Crippen molar-refractivity contribution in [3.05, 3.63) is 82.4 Å². The number of aliphatic hydroxyl groups excluding tert-OH is 1. The molecule has 3 heterocycles. The smallest absolute Gasteiger partial charge is 0.275 e. The van der Waals surface area contributed by atoms with Crippen LogP contribution in [0.15, 0.2) is 42.6 Å². The largest absolute Gasteiger partial charge is 0.371 e. The van der Waals surface area contributed by atoms with Crippen molar-refractivity contribution in [3.8, 4) is 6.07 Å².